The number of hydrogen-bond acceptors (Lipinski definition) is 6. The van der Waals surface area contributed by atoms with Crippen LogP contribution in [0.25, 0.3) is 22.2 Å². The Hall–Kier alpha value is -3.58. The first-order valence-corrected chi connectivity index (χ1v) is 9.62. The van der Waals surface area contributed by atoms with Crippen molar-refractivity contribution in [2.45, 2.75) is 13.0 Å². The van der Waals surface area contributed by atoms with Crippen LogP contribution >= 0.6 is 0 Å². The van der Waals surface area contributed by atoms with Crippen molar-refractivity contribution in [1.29, 1.82) is 0 Å². The van der Waals surface area contributed by atoms with E-state index < -0.39 is 0 Å². The van der Waals surface area contributed by atoms with Crippen molar-refractivity contribution in [3.8, 4) is 16.9 Å². The van der Waals surface area contributed by atoms with Crippen molar-refractivity contribution < 1.29 is 14.3 Å². The summed E-state index contributed by atoms with van der Waals surface area (Å²) in [7, 11) is 3.23. The standard InChI is InChI=1S/C23H22N4O3/c1-29-11-10-27-15-17(13-25-27)20(28)12-18-14-24-22-19(16-6-4-3-5-7-16)8-9-21(30-2)23(22)26-18/h3-9,13-15H,10-12H2,1-2H3. The molecular formula is C23H22N4O3. The van der Waals surface area contributed by atoms with E-state index in [1.165, 1.54) is 0 Å². The van der Waals surface area contributed by atoms with Crippen LogP contribution in [0, 0.1) is 0 Å². The van der Waals surface area contributed by atoms with Gasteiger partial charge in [0.2, 0.25) is 0 Å². The lowest BCUT2D eigenvalue weighted by molar-refractivity contribution is 0.0991. The summed E-state index contributed by atoms with van der Waals surface area (Å²) in [6.45, 7) is 1.13. The molecule has 0 saturated heterocycles. The predicted octanol–water partition coefficient (Wildman–Crippen LogP) is 3.57. The van der Waals surface area contributed by atoms with Gasteiger partial charge >= 0.3 is 0 Å². The van der Waals surface area contributed by atoms with Crippen LogP contribution in [0.1, 0.15) is 16.1 Å². The largest absolute Gasteiger partial charge is 0.494 e. The summed E-state index contributed by atoms with van der Waals surface area (Å²) in [6, 6.07) is 13.9. The Morgan fingerprint density at radius 3 is 2.63 bits per heavy atom. The van der Waals surface area contributed by atoms with E-state index >= 15 is 0 Å². The molecule has 4 rings (SSSR count). The Morgan fingerprint density at radius 2 is 1.87 bits per heavy atom. The molecule has 2 heterocycles. The van der Waals surface area contributed by atoms with Gasteiger partial charge in [0, 0.05) is 25.1 Å². The zero-order valence-electron chi connectivity index (χ0n) is 16.9. The summed E-state index contributed by atoms with van der Waals surface area (Å²) in [5.74, 6) is 0.560. The molecule has 0 atom stereocenters. The van der Waals surface area contributed by atoms with E-state index in [0.29, 0.717) is 35.7 Å². The second-order valence-electron chi connectivity index (χ2n) is 6.82. The molecule has 2 aromatic heterocycles. The molecular weight excluding hydrogens is 380 g/mol. The van der Waals surface area contributed by atoms with Crippen LogP contribution in [-0.4, -0.2) is 46.4 Å². The number of hydrogen-bond donors (Lipinski definition) is 0. The lowest BCUT2D eigenvalue weighted by Gasteiger charge is -2.10. The summed E-state index contributed by atoms with van der Waals surface area (Å²) >= 11 is 0. The summed E-state index contributed by atoms with van der Waals surface area (Å²) < 4.78 is 12.2. The Morgan fingerprint density at radius 1 is 1.03 bits per heavy atom. The van der Waals surface area contributed by atoms with Crippen molar-refractivity contribution in [2.24, 2.45) is 0 Å². The zero-order chi connectivity index (χ0) is 20.9. The molecule has 0 bridgehead atoms. The van der Waals surface area contributed by atoms with Crippen molar-refractivity contribution in [3.63, 3.8) is 0 Å². The van der Waals surface area contributed by atoms with Gasteiger partial charge in [0.15, 0.2) is 5.78 Å². The van der Waals surface area contributed by atoms with E-state index in [9.17, 15) is 4.79 Å². The molecule has 0 amide bonds. The molecule has 0 spiro atoms. The van der Waals surface area contributed by atoms with Gasteiger partial charge in [-0.25, -0.2) is 4.98 Å². The molecule has 7 nitrogen and oxygen atoms in total. The van der Waals surface area contributed by atoms with Gasteiger partial charge in [0.1, 0.15) is 16.8 Å². The number of fused-ring (bicyclic) bond motifs is 1. The smallest absolute Gasteiger partial charge is 0.172 e. The monoisotopic (exact) mass is 402 g/mol. The number of rotatable bonds is 8. The van der Waals surface area contributed by atoms with E-state index in [-0.39, 0.29) is 12.2 Å². The van der Waals surface area contributed by atoms with Gasteiger partial charge in [0.05, 0.1) is 44.1 Å². The maximum Gasteiger partial charge on any atom is 0.172 e. The first-order chi connectivity index (χ1) is 14.7. The molecule has 7 heteroatoms. The molecule has 0 saturated carbocycles. The number of carbonyl (C=O) groups is 1. The summed E-state index contributed by atoms with van der Waals surface area (Å²) in [4.78, 5) is 22.0. The summed E-state index contributed by atoms with van der Waals surface area (Å²) in [5, 5.41) is 4.20. The third-order valence-corrected chi connectivity index (χ3v) is 4.84. The predicted molar refractivity (Wildman–Crippen MR) is 114 cm³/mol. The normalized spacial score (nSPS) is 11.0. The van der Waals surface area contributed by atoms with Crippen LogP contribution in [0.3, 0.4) is 0 Å². The number of ketones is 1. The number of aromatic nitrogens is 4. The second-order valence-corrected chi connectivity index (χ2v) is 6.82. The zero-order valence-corrected chi connectivity index (χ0v) is 16.9. The Balaban J connectivity index is 1.64. The highest BCUT2D eigenvalue weighted by atomic mass is 16.5. The fraction of sp³-hybridized carbons (Fsp3) is 0.217. The van der Waals surface area contributed by atoms with Gasteiger partial charge < -0.3 is 9.47 Å². The van der Waals surface area contributed by atoms with Crippen LogP contribution in [0.4, 0.5) is 0 Å². The SMILES string of the molecule is COCCn1cc(C(=O)Cc2cnc3c(-c4ccccc4)ccc(OC)c3n2)cn1. The molecule has 4 aromatic rings. The van der Waals surface area contributed by atoms with Crippen LogP contribution in [-0.2, 0) is 17.7 Å². The minimum atomic E-state index is -0.0644. The van der Waals surface area contributed by atoms with Gasteiger partial charge in [-0.3, -0.25) is 14.5 Å². The lowest BCUT2D eigenvalue weighted by Crippen LogP contribution is -2.07. The second kappa shape index (κ2) is 8.84. The van der Waals surface area contributed by atoms with Crippen molar-refractivity contribution in [1.82, 2.24) is 19.7 Å². The fourth-order valence-electron chi connectivity index (χ4n) is 3.29. The Labute approximate surface area is 174 Å². The maximum atomic E-state index is 12.7. The Kier molecular flexibility index (Phi) is 5.81. The van der Waals surface area contributed by atoms with Gasteiger partial charge in [-0.2, -0.15) is 5.10 Å². The van der Waals surface area contributed by atoms with Crippen molar-refractivity contribution >= 4 is 16.8 Å². The highest BCUT2D eigenvalue weighted by molar-refractivity contribution is 5.98. The third-order valence-electron chi connectivity index (χ3n) is 4.84. The summed E-state index contributed by atoms with van der Waals surface area (Å²) in [5.41, 5.74) is 4.52. The van der Waals surface area contributed by atoms with Gasteiger partial charge in [-0.05, 0) is 17.7 Å². The summed E-state index contributed by atoms with van der Waals surface area (Å²) in [6.07, 6.45) is 5.09. The lowest BCUT2D eigenvalue weighted by atomic mass is 10.0. The third kappa shape index (κ3) is 4.06. The van der Waals surface area contributed by atoms with E-state index in [2.05, 4.69) is 10.1 Å². The topological polar surface area (TPSA) is 79.1 Å². The number of nitrogens with zero attached hydrogens (tertiary/aromatic N) is 4. The highest BCUT2D eigenvalue weighted by Gasteiger charge is 2.15. The fourth-order valence-corrected chi connectivity index (χ4v) is 3.29. The minimum absolute atomic E-state index is 0.0644. The highest BCUT2D eigenvalue weighted by Crippen LogP contribution is 2.32. The molecule has 152 valence electrons. The molecule has 0 aliphatic heterocycles. The van der Waals surface area contributed by atoms with Crippen LogP contribution in [0.5, 0.6) is 5.75 Å². The van der Waals surface area contributed by atoms with E-state index in [1.807, 2.05) is 42.5 Å². The van der Waals surface area contributed by atoms with E-state index in [4.69, 9.17) is 14.5 Å². The van der Waals surface area contributed by atoms with Gasteiger partial charge in [0.25, 0.3) is 0 Å². The van der Waals surface area contributed by atoms with E-state index in [1.54, 1.807) is 37.5 Å². The molecule has 0 N–H and O–H groups in total. The van der Waals surface area contributed by atoms with Crippen LogP contribution < -0.4 is 4.74 Å². The Bertz CT molecular complexity index is 1170. The van der Waals surface area contributed by atoms with Crippen molar-refractivity contribution in [2.75, 3.05) is 20.8 Å². The number of methoxy groups -OCH3 is 2. The number of benzene rings is 2. The molecule has 0 radical (unpaired) electrons. The molecule has 2 aromatic carbocycles. The number of carbonyl (C=O) groups excluding carboxylic acids is 1. The van der Waals surface area contributed by atoms with Crippen LogP contribution in [0.2, 0.25) is 0 Å². The molecule has 0 aliphatic rings. The quantitative estimate of drug-likeness (QED) is 0.419. The number of Topliss-reactive ketones (excluding diaryl/α,β-unsaturated/α-hetero) is 1. The maximum absolute atomic E-state index is 12.7. The average molecular weight is 402 g/mol. The molecule has 0 fully saturated rings. The molecule has 0 unspecified atom stereocenters. The minimum Gasteiger partial charge on any atom is -0.494 e. The molecule has 30 heavy (non-hydrogen) atoms. The van der Waals surface area contributed by atoms with Crippen molar-refractivity contribution in [3.05, 3.63) is 72.3 Å². The average Bonchev–Trinajstić information content (AvgIpc) is 3.26. The molecule has 0 aliphatic carbocycles. The van der Waals surface area contributed by atoms with Crippen LogP contribution in [0.15, 0.2) is 61.1 Å². The van der Waals surface area contributed by atoms with E-state index in [0.717, 1.165) is 16.6 Å². The van der Waals surface area contributed by atoms with Gasteiger partial charge in [-0.15, -0.1) is 0 Å². The number of ether oxygens (including phenoxy) is 2. The van der Waals surface area contributed by atoms with Gasteiger partial charge in [-0.1, -0.05) is 30.3 Å². The first-order valence-electron chi connectivity index (χ1n) is 9.62. The first kappa shape index (κ1) is 19.7.